The highest BCUT2D eigenvalue weighted by atomic mass is 32.2. The van der Waals surface area contributed by atoms with Crippen LogP contribution in [0.1, 0.15) is 62.0 Å². The van der Waals surface area contributed by atoms with Gasteiger partial charge in [0.2, 0.25) is 11.6 Å². The van der Waals surface area contributed by atoms with Crippen LogP contribution >= 0.6 is 11.8 Å². The molecular formula is C31H35NO6S. The largest absolute Gasteiger partial charge is 0.490 e. The number of likely N-dealkylation sites (tertiary alicyclic amines) is 1. The number of piperidine rings is 1. The number of carbonyl (C=O) groups is 3. The summed E-state index contributed by atoms with van der Waals surface area (Å²) in [5, 5.41) is 0. The van der Waals surface area contributed by atoms with Crippen molar-refractivity contribution in [2.24, 2.45) is 0 Å². The molecule has 206 valence electrons. The number of ketones is 2. The Balaban J connectivity index is 1.21. The lowest BCUT2D eigenvalue weighted by Gasteiger charge is -2.45. The molecule has 2 heterocycles. The Hall–Kier alpha value is -3.10. The minimum atomic E-state index is -0.474. The number of allylic oxidation sites excluding steroid dienone is 1. The van der Waals surface area contributed by atoms with Crippen LogP contribution < -0.4 is 4.74 Å². The van der Waals surface area contributed by atoms with Gasteiger partial charge in [-0.15, -0.1) is 11.8 Å². The Kier molecular flexibility index (Phi) is 7.62. The van der Waals surface area contributed by atoms with Crippen LogP contribution in [-0.4, -0.2) is 66.1 Å². The normalized spacial score (nSPS) is 19.7. The highest BCUT2D eigenvalue weighted by Gasteiger charge is 2.46. The number of fused-ring (bicyclic) bond motifs is 2. The van der Waals surface area contributed by atoms with Crippen molar-refractivity contribution in [2.45, 2.75) is 57.7 Å². The molecule has 0 aromatic heterocycles. The predicted octanol–water partition coefficient (Wildman–Crippen LogP) is 5.03. The van der Waals surface area contributed by atoms with Gasteiger partial charge in [-0.3, -0.25) is 19.3 Å². The van der Waals surface area contributed by atoms with E-state index in [1.54, 1.807) is 12.1 Å². The maximum absolute atomic E-state index is 12.7. The van der Waals surface area contributed by atoms with E-state index in [1.807, 2.05) is 24.3 Å². The molecule has 1 fully saturated rings. The standard InChI is InChI=1S/C31H35NO6S/c1-20(33)37-23(18-36-22-11-9-21(10-12-22)30(2,3)4)17-32-15-13-31(14-16-32)19-39-29-27(35)26(34)24-7-5-6-8-25(24)28(29)38-31/h5-12,23H,13-19H2,1-4H3/t23-/m0/s1. The molecule has 39 heavy (non-hydrogen) atoms. The molecule has 2 aromatic rings. The lowest BCUT2D eigenvalue weighted by Crippen LogP contribution is -2.51. The zero-order valence-electron chi connectivity index (χ0n) is 23.0. The number of ether oxygens (including phenoxy) is 3. The lowest BCUT2D eigenvalue weighted by molar-refractivity contribution is -0.149. The zero-order valence-corrected chi connectivity index (χ0v) is 23.8. The van der Waals surface area contributed by atoms with Crippen LogP contribution in [0.4, 0.5) is 0 Å². The minimum absolute atomic E-state index is 0.0659. The number of carbonyl (C=O) groups excluding carboxylic acids is 3. The highest BCUT2D eigenvalue weighted by Crippen LogP contribution is 2.47. The molecule has 0 N–H and O–H groups in total. The molecule has 1 spiro atoms. The molecule has 2 aromatic carbocycles. The molecule has 7 nitrogen and oxygen atoms in total. The first-order chi connectivity index (χ1) is 18.5. The van der Waals surface area contributed by atoms with Gasteiger partial charge in [-0.25, -0.2) is 0 Å². The fourth-order valence-electron chi connectivity index (χ4n) is 5.29. The van der Waals surface area contributed by atoms with Crippen LogP contribution in [0, 0.1) is 0 Å². The fraction of sp³-hybridized carbons (Fsp3) is 0.452. The molecular weight excluding hydrogens is 514 g/mol. The van der Waals surface area contributed by atoms with E-state index < -0.39 is 23.3 Å². The first-order valence-corrected chi connectivity index (χ1v) is 14.4. The Morgan fingerprint density at radius 1 is 1.03 bits per heavy atom. The average molecular weight is 550 g/mol. The second kappa shape index (κ2) is 10.8. The summed E-state index contributed by atoms with van der Waals surface area (Å²) in [6.07, 6.45) is 1.13. The van der Waals surface area contributed by atoms with Crippen molar-refractivity contribution < 1.29 is 28.6 Å². The van der Waals surface area contributed by atoms with Gasteiger partial charge in [-0.2, -0.15) is 0 Å². The van der Waals surface area contributed by atoms with E-state index >= 15 is 0 Å². The second-order valence-corrected chi connectivity index (χ2v) is 12.5. The molecule has 1 atom stereocenters. The zero-order chi connectivity index (χ0) is 27.8. The van der Waals surface area contributed by atoms with Gasteiger partial charge in [0.15, 0.2) is 0 Å². The van der Waals surface area contributed by atoms with E-state index in [9.17, 15) is 14.4 Å². The summed E-state index contributed by atoms with van der Waals surface area (Å²) < 4.78 is 18.2. The number of nitrogens with zero attached hydrogens (tertiary/aromatic N) is 1. The third-order valence-corrected chi connectivity index (χ3v) is 8.88. The maximum atomic E-state index is 12.7. The predicted molar refractivity (Wildman–Crippen MR) is 151 cm³/mol. The third-order valence-electron chi connectivity index (χ3n) is 7.55. The Bertz CT molecular complexity index is 1300. The smallest absolute Gasteiger partial charge is 0.303 e. The molecule has 1 saturated heterocycles. The summed E-state index contributed by atoms with van der Waals surface area (Å²) in [5.41, 5.74) is 2.00. The number of esters is 1. The van der Waals surface area contributed by atoms with Gasteiger partial charge in [0.1, 0.15) is 34.7 Å². The molecule has 5 rings (SSSR count). The van der Waals surface area contributed by atoms with E-state index in [-0.39, 0.29) is 18.0 Å². The van der Waals surface area contributed by atoms with Crippen molar-refractivity contribution in [3.8, 4) is 5.75 Å². The molecule has 1 aliphatic carbocycles. The average Bonchev–Trinajstić information content (AvgIpc) is 2.91. The Morgan fingerprint density at radius 2 is 1.69 bits per heavy atom. The molecule has 8 heteroatoms. The van der Waals surface area contributed by atoms with Gasteiger partial charge in [-0.1, -0.05) is 57.2 Å². The Labute approximate surface area is 233 Å². The topological polar surface area (TPSA) is 82.1 Å². The van der Waals surface area contributed by atoms with Crippen LogP contribution in [0.2, 0.25) is 0 Å². The molecule has 0 saturated carbocycles. The number of rotatable bonds is 6. The summed E-state index contributed by atoms with van der Waals surface area (Å²) in [5.74, 6) is 0.649. The van der Waals surface area contributed by atoms with E-state index in [0.717, 1.165) is 31.7 Å². The fourth-order valence-corrected chi connectivity index (χ4v) is 6.55. The van der Waals surface area contributed by atoms with E-state index in [0.29, 0.717) is 34.1 Å². The maximum Gasteiger partial charge on any atom is 0.303 e. The molecule has 2 aliphatic heterocycles. The van der Waals surface area contributed by atoms with Crippen molar-refractivity contribution in [1.29, 1.82) is 0 Å². The highest BCUT2D eigenvalue weighted by molar-refractivity contribution is 8.04. The molecule has 0 amide bonds. The van der Waals surface area contributed by atoms with Crippen LogP contribution in [0.25, 0.3) is 5.76 Å². The van der Waals surface area contributed by atoms with Gasteiger partial charge in [0.25, 0.3) is 0 Å². The number of thioether (sulfide) groups is 1. The van der Waals surface area contributed by atoms with Crippen molar-refractivity contribution in [1.82, 2.24) is 4.90 Å². The van der Waals surface area contributed by atoms with Crippen LogP contribution in [0.3, 0.4) is 0 Å². The van der Waals surface area contributed by atoms with Crippen LogP contribution in [-0.2, 0) is 24.5 Å². The molecule has 3 aliphatic rings. The first kappa shape index (κ1) is 27.5. The molecule has 0 radical (unpaired) electrons. The summed E-state index contributed by atoms with van der Waals surface area (Å²) in [6.45, 7) is 10.3. The van der Waals surface area contributed by atoms with E-state index in [2.05, 4.69) is 37.8 Å². The summed E-state index contributed by atoms with van der Waals surface area (Å²) in [7, 11) is 0. The third kappa shape index (κ3) is 5.92. The van der Waals surface area contributed by atoms with Crippen molar-refractivity contribution >= 4 is 35.1 Å². The Morgan fingerprint density at radius 3 is 2.33 bits per heavy atom. The lowest BCUT2D eigenvalue weighted by atomic mass is 9.87. The summed E-state index contributed by atoms with van der Waals surface area (Å²) in [6, 6.07) is 15.2. The number of benzene rings is 2. The molecule has 0 bridgehead atoms. The summed E-state index contributed by atoms with van der Waals surface area (Å²) >= 11 is 1.44. The van der Waals surface area contributed by atoms with Gasteiger partial charge in [-0.05, 0) is 23.1 Å². The van der Waals surface area contributed by atoms with Crippen molar-refractivity contribution in [2.75, 3.05) is 32.0 Å². The number of hydrogen-bond donors (Lipinski definition) is 0. The van der Waals surface area contributed by atoms with Crippen molar-refractivity contribution in [3.05, 3.63) is 70.1 Å². The van der Waals surface area contributed by atoms with Crippen molar-refractivity contribution in [3.63, 3.8) is 0 Å². The minimum Gasteiger partial charge on any atom is -0.490 e. The van der Waals surface area contributed by atoms with Gasteiger partial charge in [0, 0.05) is 56.3 Å². The summed E-state index contributed by atoms with van der Waals surface area (Å²) in [4.78, 5) is 39.8. The monoisotopic (exact) mass is 549 g/mol. The van der Waals surface area contributed by atoms with E-state index in [4.69, 9.17) is 14.2 Å². The van der Waals surface area contributed by atoms with Crippen LogP contribution in [0.5, 0.6) is 5.75 Å². The van der Waals surface area contributed by atoms with Gasteiger partial charge >= 0.3 is 5.97 Å². The second-order valence-electron chi connectivity index (χ2n) is 11.6. The SMILES string of the molecule is CC(=O)O[C@H](COc1ccc(C(C)(C)C)cc1)CN1CCC2(CC1)CSC1=C(O2)c2ccccc2C(=O)C1=O. The number of Topliss-reactive ketones (excluding diaryl/α,β-unsaturated/α-hetero) is 2. The number of hydrogen-bond acceptors (Lipinski definition) is 8. The molecule has 0 unspecified atom stereocenters. The first-order valence-electron chi connectivity index (χ1n) is 13.4. The van der Waals surface area contributed by atoms with Gasteiger partial charge < -0.3 is 14.2 Å². The quantitative estimate of drug-likeness (QED) is 0.367. The van der Waals surface area contributed by atoms with Gasteiger partial charge in [0.05, 0.1) is 0 Å². The van der Waals surface area contributed by atoms with E-state index in [1.165, 1.54) is 24.2 Å². The van der Waals surface area contributed by atoms with Crippen LogP contribution in [0.15, 0.2) is 53.4 Å².